The number of benzene rings is 2. The van der Waals surface area contributed by atoms with Crippen LogP contribution >= 0.6 is 11.6 Å². The van der Waals surface area contributed by atoms with Gasteiger partial charge in [-0.3, -0.25) is 4.79 Å². The summed E-state index contributed by atoms with van der Waals surface area (Å²) in [5.74, 6) is -0.369. The lowest BCUT2D eigenvalue weighted by molar-refractivity contribution is -0.155. The number of esters is 1. The Hall–Kier alpha value is -2.53. The van der Waals surface area contributed by atoms with Gasteiger partial charge in [-0.2, -0.15) is 0 Å². The van der Waals surface area contributed by atoms with Gasteiger partial charge in [0.1, 0.15) is 5.75 Å². The molecule has 0 spiro atoms. The molecule has 0 N–H and O–H groups in total. The summed E-state index contributed by atoms with van der Waals surface area (Å²) in [6, 6.07) is 14.5. The monoisotopic (exact) mass is 359 g/mol. The van der Waals surface area contributed by atoms with E-state index in [2.05, 4.69) is 0 Å². The Morgan fingerprint density at radius 1 is 1.20 bits per heavy atom. The molecule has 0 aliphatic carbocycles. The Kier molecular flexibility index (Phi) is 5.24. The minimum Gasteiger partial charge on any atom is -0.482 e. The molecule has 0 aromatic heterocycles. The van der Waals surface area contributed by atoms with Gasteiger partial charge in [-0.25, -0.2) is 4.79 Å². The summed E-state index contributed by atoms with van der Waals surface area (Å²) in [6.45, 7) is 1.88. The van der Waals surface area contributed by atoms with Crippen molar-refractivity contribution in [3.63, 3.8) is 0 Å². The number of halogens is 1. The normalized spacial score (nSPS) is 13.9. The van der Waals surface area contributed by atoms with Crippen LogP contribution in [0, 0.1) is 0 Å². The third kappa shape index (κ3) is 4.12. The molecule has 6 heteroatoms. The minimum absolute atomic E-state index is 0.235. The lowest BCUT2D eigenvalue weighted by Crippen LogP contribution is -2.39. The van der Waals surface area contributed by atoms with Crippen molar-refractivity contribution in [2.45, 2.75) is 19.4 Å². The van der Waals surface area contributed by atoms with Crippen LogP contribution in [0.25, 0.3) is 0 Å². The standard InChI is InChI=1S/C19H18ClNO4/c1-13(19(23)21-10-9-14-5-2-3-8-17(14)21)25-18(22)12-24-16-7-4-6-15(20)11-16/h2-8,11,13H,9-10,12H2,1H3/t13-/m0/s1. The topological polar surface area (TPSA) is 55.8 Å². The number of carbonyl (C=O) groups excluding carboxylic acids is 2. The second-order valence-corrected chi connectivity index (χ2v) is 6.18. The van der Waals surface area contributed by atoms with Gasteiger partial charge < -0.3 is 14.4 Å². The molecule has 0 unspecified atom stereocenters. The largest absolute Gasteiger partial charge is 0.482 e. The first-order valence-corrected chi connectivity index (χ1v) is 8.39. The van der Waals surface area contributed by atoms with E-state index in [0.717, 1.165) is 17.7 Å². The highest BCUT2D eigenvalue weighted by molar-refractivity contribution is 6.30. The van der Waals surface area contributed by atoms with Crippen molar-refractivity contribution < 1.29 is 19.1 Å². The zero-order chi connectivity index (χ0) is 17.8. The Balaban J connectivity index is 1.54. The lowest BCUT2D eigenvalue weighted by atomic mass is 10.2. The fraction of sp³-hybridized carbons (Fsp3) is 0.263. The van der Waals surface area contributed by atoms with Crippen LogP contribution in [0.2, 0.25) is 5.02 Å². The van der Waals surface area contributed by atoms with E-state index in [1.807, 2.05) is 24.3 Å². The third-order valence-electron chi connectivity index (χ3n) is 3.96. The summed E-state index contributed by atoms with van der Waals surface area (Å²) < 4.78 is 10.5. The van der Waals surface area contributed by atoms with E-state index in [4.69, 9.17) is 21.1 Å². The third-order valence-corrected chi connectivity index (χ3v) is 4.20. The van der Waals surface area contributed by atoms with E-state index in [1.165, 1.54) is 0 Å². The molecule has 0 fully saturated rings. The second kappa shape index (κ2) is 7.57. The molecule has 2 aromatic rings. The van der Waals surface area contributed by atoms with Gasteiger partial charge in [0, 0.05) is 17.3 Å². The number of hydrogen-bond donors (Lipinski definition) is 0. The van der Waals surface area contributed by atoms with Crippen LogP contribution in [0.5, 0.6) is 5.75 Å². The molecule has 5 nitrogen and oxygen atoms in total. The Morgan fingerprint density at radius 3 is 2.80 bits per heavy atom. The number of para-hydroxylation sites is 1. The highest BCUT2D eigenvalue weighted by Gasteiger charge is 2.29. The maximum absolute atomic E-state index is 12.6. The summed E-state index contributed by atoms with van der Waals surface area (Å²) in [6.07, 6.45) is -0.0675. The summed E-state index contributed by atoms with van der Waals surface area (Å²) in [5, 5.41) is 0.516. The van der Waals surface area contributed by atoms with Gasteiger partial charge in [-0.05, 0) is 43.2 Å². The van der Waals surface area contributed by atoms with Gasteiger partial charge in [-0.1, -0.05) is 35.9 Å². The maximum Gasteiger partial charge on any atom is 0.344 e. The Morgan fingerprint density at radius 2 is 2.00 bits per heavy atom. The molecular weight excluding hydrogens is 342 g/mol. The number of nitrogens with zero attached hydrogens (tertiary/aromatic N) is 1. The van der Waals surface area contributed by atoms with Gasteiger partial charge in [0.25, 0.3) is 5.91 Å². The van der Waals surface area contributed by atoms with E-state index in [1.54, 1.807) is 36.1 Å². The molecule has 1 amide bonds. The molecular formula is C19H18ClNO4. The molecule has 0 saturated heterocycles. The fourth-order valence-corrected chi connectivity index (χ4v) is 2.95. The average molecular weight is 360 g/mol. The van der Waals surface area contributed by atoms with Crippen LogP contribution in [0.1, 0.15) is 12.5 Å². The Bertz CT molecular complexity index is 792. The summed E-state index contributed by atoms with van der Waals surface area (Å²) in [4.78, 5) is 26.1. The van der Waals surface area contributed by atoms with Crippen molar-refractivity contribution in [3.8, 4) is 5.75 Å². The summed E-state index contributed by atoms with van der Waals surface area (Å²) >= 11 is 5.85. The first-order chi connectivity index (χ1) is 12.0. The zero-order valence-electron chi connectivity index (χ0n) is 13.8. The lowest BCUT2D eigenvalue weighted by Gasteiger charge is -2.21. The number of hydrogen-bond acceptors (Lipinski definition) is 4. The molecule has 0 saturated carbocycles. The van der Waals surface area contributed by atoms with Crippen molar-refractivity contribution in [1.29, 1.82) is 0 Å². The van der Waals surface area contributed by atoms with Gasteiger partial charge in [0.15, 0.2) is 12.7 Å². The van der Waals surface area contributed by atoms with E-state index in [0.29, 0.717) is 17.3 Å². The number of amides is 1. The van der Waals surface area contributed by atoms with E-state index >= 15 is 0 Å². The number of anilines is 1. The van der Waals surface area contributed by atoms with Crippen LogP contribution in [0.15, 0.2) is 48.5 Å². The number of carbonyl (C=O) groups is 2. The fourth-order valence-electron chi connectivity index (χ4n) is 2.77. The van der Waals surface area contributed by atoms with Crippen LogP contribution in [-0.2, 0) is 20.7 Å². The van der Waals surface area contributed by atoms with Crippen LogP contribution in [0.4, 0.5) is 5.69 Å². The van der Waals surface area contributed by atoms with Crippen LogP contribution in [-0.4, -0.2) is 31.1 Å². The molecule has 1 aliphatic rings. The summed E-state index contributed by atoms with van der Waals surface area (Å²) in [7, 11) is 0. The molecule has 0 bridgehead atoms. The van der Waals surface area contributed by atoms with Crippen molar-refractivity contribution >= 4 is 29.2 Å². The van der Waals surface area contributed by atoms with E-state index in [9.17, 15) is 9.59 Å². The minimum atomic E-state index is -0.874. The molecule has 0 radical (unpaired) electrons. The number of rotatable bonds is 5. The van der Waals surface area contributed by atoms with E-state index < -0.39 is 12.1 Å². The van der Waals surface area contributed by atoms with Gasteiger partial charge in [0.05, 0.1) is 0 Å². The highest BCUT2D eigenvalue weighted by Crippen LogP contribution is 2.28. The van der Waals surface area contributed by atoms with Crippen LogP contribution < -0.4 is 9.64 Å². The smallest absolute Gasteiger partial charge is 0.344 e. The molecule has 1 aliphatic heterocycles. The number of ether oxygens (including phenoxy) is 2. The van der Waals surface area contributed by atoms with E-state index in [-0.39, 0.29) is 12.5 Å². The highest BCUT2D eigenvalue weighted by atomic mass is 35.5. The van der Waals surface area contributed by atoms with Crippen molar-refractivity contribution in [2.24, 2.45) is 0 Å². The van der Waals surface area contributed by atoms with Gasteiger partial charge in [0.2, 0.25) is 0 Å². The predicted octanol–water partition coefficient (Wildman–Crippen LogP) is 3.24. The average Bonchev–Trinajstić information content (AvgIpc) is 3.03. The first-order valence-electron chi connectivity index (χ1n) is 8.02. The molecule has 25 heavy (non-hydrogen) atoms. The SMILES string of the molecule is C[C@H](OC(=O)COc1cccc(Cl)c1)C(=O)N1CCc2ccccc21. The zero-order valence-corrected chi connectivity index (χ0v) is 14.5. The molecule has 1 heterocycles. The second-order valence-electron chi connectivity index (χ2n) is 5.75. The number of fused-ring (bicyclic) bond motifs is 1. The predicted molar refractivity (Wildman–Crippen MR) is 95.0 cm³/mol. The first kappa shape index (κ1) is 17.3. The van der Waals surface area contributed by atoms with Crippen molar-refractivity contribution in [1.82, 2.24) is 0 Å². The van der Waals surface area contributed by atoms with Crippen LogP contribution in [0.3, 0.4) is 0 Å². The quantitative estimate of drug-likeness (QED) is 0.769. The summed E-state index contributed by atoms with van der Waals surface area (Å²) in [5.41, 5.74) is 2.00. The molecule has 2 aromatic carbocycles. The maximum atomic E-state index is 12.6. The van der Waals surface area contributed by atoms with Crippen molar-refractivity contribution in [3.05, 3.63) is 59.1 Å². The van der Waals surface area contributed by atoms with Gasteiger partial charge in [-0.15, -0.1) is 0 Å². The molecule has 3 rings (SSSR count). The Labute approximate surface area is 151 Å². The molecule has 130 valence electrons. The van der Waals surface area contributed by atoms with Crippen molar-refractivity contribution in [2.75, 3.05) is 18.1 Å². The molecule has 1 atom stereocenters. The van der Waals surface area contributed by atoms with Gasteiger partial charge >= 0.3 is 5.97 Å².